The molecule has 1 amide bonds. The molecule has 0 unspecified atom stereocenters. The van der Waals surface area contributed by atoms with E-state index in [1.807, 2.05) is 36.6 Å². The van der Waals surface area contributed by atoms with Crippen LogP contribution in [0.5, 0.6) is 5.75 Å². The van der Waals surface area contributed by atoms with E-state index in [1.54, 1.807) is 23.9 Å². The van der Waals surface area contributed by atoms with Crippen LogP contribution in [0.4, 0.5) is 5.69 Å². The van der Waals surface area contributed by atoms with Gasteiger partial charge in [-0.05, 0) is 55.5 Å². The number of hydrogen-bond acceptors (Lipinski definition) is 5. The van der Waals surface area contributed by atoms with E-state index >= 15 is 0 Å². The number of amides is 1. The fraction of sp³-hybridized carbons (Fsp3) is 0.300. The Kier molecular flexibility index (Phi) is 7.09. The summed E-state index contributed by atoms with van der Waals surface area (Å²) in [5, 5.41) is 2.75. The lowest BCUT2D eigenvalue weighted by Gasteiger charge is -2.15. The van der Waals surface area contributed by atoms with Crippen molar-refractivity contribution in [2.45, 2.75) is 31.3 Å². The van der Waals surface area contributed by atoms with Gasteiger partial charge in [0, 0.05) is 10.6 Å². The average Bonchev–Trinajstić information content (AvgIpc) is 2.67. The molecule has 0 fully saturated rings. The fourth-order valence-corrected chi connectivity index (χ4v) is 2.74. The van der Waals surface area contributed by atoms with E-state index < -0.39 is 12.1 Å². The van der Waals surface area contributed by atoms with E-state index in [0.29, 0.717) is 11.4 Å². The van der Waals surface area contributed by atoms with Gasteiger partial charge in [-0.25, -0.2) is 4.79 Å². The summed E-state index contributed by atoms with van der Waals surface area (Å²) in [6.07, 6.45) is 1.93. The van der Waals surface area contributed by atoms with E-state index in [4.69, 9.17) is 9.47 Å². The third kappa shape index (κ3) is 5.02. The van der Waals surface area contributed by atoms with E-state index in [-0.39, 0.29) is 11.5 Å². The monoisotopic (exact) mass is 373 g/mol. The van der Waals surface area contributed by atoms with E-state index in [2.05, 4.69) is 12.2 Å². The molecule has 0 aliphatic rings. The first-order valence-electron chi connectivity index (χ1n) is 8.31. The molecule has 26 heavy (non-hydrogen) atoms. The van der Waals surface area contributed by atoms with Gasteiger partial charge in [-0.3, -0.25) is 4.79 Å². The highest BCUT2D eigenvalue weighted by atomic mass is 32.2. The summed E-state index contributed by atoms with van der Waals surface area (Å²) in [5.41, 5.74) is 2.14. The number of nitrogens with one attached hydrogen (secondary N) is 1. The highest BCUT2D eigenvalue weighted by Gasteiger charge is 2.21. The second-order valence-corrected chi connectivity index (χ2v) is 6.53. The number of carbonyl (C=O) groups is 2. The standard InChI is InChI=1S/C20H23NO4S/c1-5-14-6-8-15(9-7-14)21-19(22)13(2)25-20(23)17-11-10-16(26-4)12-18(17)24-3/h6-13H,5H2,1-4H3,(H,21,22)/t13-/m1/s1. The van der Waals surface area contributed by atoms with Crippen molar-refractivity contribution in [1.29, 1.82) is 0 Å². The molecule has 0 aromatic heterocycles. The molecule has 0 saturated heterocycles. The van der Waals surface area contributed by atoms with E-state index in [9.17, 15) is 9.59 Å². The molecule has 1 N–H and O–H groups in total. The Balaban J connectivity index is 2.02. The minimum Gasteiger partial charge on any atom is -0.496 e. The molecule has 2 rings (SSSR count). The van der Waals surface area contributed by atoms with Gasteiger partial charge >= 0.3 is 5.97 Å². The van der Waals surface area contributed by atoms with Crippen molar-refractivity contribution in [2.75, 3.05) is 18.7 Å². The Hall–Kier alpha value is -2.47. The molecule has 0 saturated carbocycles. The van der Waals surface area contributed by atoms with Crippen LogP contribution in [0.2, 0.25) is 0 Å². The van der Waals surface area contributed by atoms with Crippen molar-refractivity contribution < 1.29 is 19.1 Å². The Morgan fingerprint density at radius 1 is 1.15 bits per heavy atom. The summed E-state index contributed by atoms with van der Waals surface area (Å²) in [7, 11) is 1.49. The van der Waals surface area contributed by atoms with Crippen molar-refractivity contribution in [3.05, 3.63) is 53.6 Å². The minimum atomic E-state index is -0.932. The van der Waals surface area contributed by atoms with Crippen molar-refractivity contribution in [3.8, 4) is 5.75 Å². The molecule has 2 aromatic carbocycles. The Bertz CT molecular complexity index is 774. The third-order valence-electron chi connectivity index (χ3n) is 3.91. The number of methoxy groups -OCH3 is 1. The molecule has 0 spiro atoms. The number of anilines is 1. The molecular weight excluding hydrogens is 350 g/mol. The van der Waals surface area contributed by atoms with Gasteiger partial charge in [0.2, 0.25) is 0 Å². The van der Waals surface area contributed by atoms with Gasteiger partial charge in [0.25, 0.3) is 5.91 Å². The van der Waals surface area contributed by atoms with Crippen molar-refractivity contribution in [3.63, 3.8) is 0 Å². The smallest absolute Gasteiger partial charge is 0.342 e. The first-order chi connectivity index (χ1) is 12.5. The first-order valence-corrected chi connectivity index (χ1v) is 9.53. The minimum absolute atomic E-state index is 0.289. The van der Waals surface area contributed by atoms with Gasteiger partial charge < -0.3 is 14.8 Å². The van der Waals surface area contributed by atoms with Crippen LogP contribution in [0.25, 0.3) is 0 Å². The maximum atomic E-state index is 12.4. The van der Waals surface area contributed by atoms with Crippen molar-refractivity contribution in [1.82, 2.24) is 0 Å². The fourth-order valence-electron chi connectivity index (χ4n) is 2.31. The SMILES string of the molecule is CCc1ccc(NC(=O)[C@@H](C)OC(=O)c2ccc(SC)cc2OC)cc1. The Labute approximate surface area is 158 Å². The first kappa shape index (κ1) is 19.8. The van der Waals surface area contributed by atoms with Crippen LogP contribution >= 0.6 is 11.8 Å². The summed E-state index contributed by atoms with van der Waals surface area (Å²) in [5.74, 6) is -0.564. The maximum absolute atomic E-state index is 12.4. The highest BCUT2D eigenvalue weighted by molar-refractivity contribution is 7.98. The molecule has 0 aliphatic heterocycles. The number of esters is 1. The van der Waals surface area contributed by atoms with E-state index in [0.717, 1.165) is 11.3 Å². The predicted octanol–water partition coefficient (Wildman–Crippen LogP) is 4.16. The van der Waals surface area contributed by atoms with Crippen LogP contribution in [-0.2, 0) is 16.0 Å². The number of rotatable bonds is 7. The molecule has 6 heteroatoms. The third-order valence-corrected chi connectivity index (χ3v) is 4.64. The molecule has 1 atom stereocenters. The quantitative estimate of drug-likeness (QED) is 0.583. The van der Waals surface area contributed by atoms with Crippen LogP contribution in [0, 0.1) is 0 Å². The molecule has 0 aliphatic carbocycles. The second kappa shape index (κ2) is 9.29. The summed E-state index contributed by atoms with van der Waals surface area (Å²) >= 11 is 1.55. The second-order valence-electron chi connectivity index (χ2n) is 5.65. The summed E-state index contributed by atoms with van der Waals surface area (Å²) in [6.45, 7) is 3.60. The van der Waals surface area contributed by atoms with Crippen molar-refractivity contribution in [2.24, 2.45) is 0 Å². The highest BCUT2D eigenvalue weighted by Crippen LogP contribution is 2.26. The number of aryl methyl sites for hydroxylation is 1. The molecule has 5 nitrogen and oxygen atoms in total. The summed E-state index contributed by atoms with van der Waals surface area (Å²) < 4.78 is 10.5. The average molecular weight is 373 g/mol. The number of benzene rings is 2. The lowest BCUT2D eigenvalue weighted by atomic mass is 10.1. The summed E-state index contributed by atoms with van der Waals surface area (Å²) in [6, 6.07) is 12.8. The predicted molar refractivity (Wildman–Crippen MR) is 104 cm³/mol. The van der Waals surface area contributed by atoms with E-state index in [1.165, 1.54) is 19.6 Å². The van der Waals surface area contributed by atoms with Gasteiger partial charge in [0.15, 0.2) is 6.10 Å². The van der Waals surface area contributed by atoms with Crippen LogP contribution in [0.3, 0.4) is 0 Å². The largest absolute Gasteiger partial charge is 0.496 e. The molecular formula is C20H23NO4S. The Morgan fingerprint density at radius 3 is 2.42 bits per heavy atom. The lowest BCUT2D eigenvalue weighted by Crippen LogP contribution is -2.30. The number of thioether (sulfide) groups is 1. The summed E-state index contributed by atoms with van der Waals surface area (Å²) in [4.78, 5) is 25.6. The molecule has 0 radical (unpaired) electrons. The van der Waals surface area contributed by atoms with Gasteiger partial charge in [0.05, 0.1) is 7.11 Å². The van der Waals surface area contributed by atoms with Crippen LogP contribution in [0.15, 0.2) is 47.4 Å². The zero-order chi connectivity index (χ0) is 19.1. The van der Waals surface area contributed by atoms with Gasteiger partial charge in [-0.1, -0.05) is 19.1 Å². The van der Waals surface area contributed by atoms with Crippen LogP contribution < -0.4 is 10.1 Å². The Morgan fingerprint density at radius 2 is 1.85 bits per heavy atom. The maximum Gasteiger partial charge on any atom is 0.342 e. The normalized spacial score (nSPS) is 11.5. The lowest BCUT2D eigenvalue weighted by molar-refractivity contribution is -0.123. The number of ether oxygens (including phenoxy) is 2. The molecule has 2 aromatic rings. The molecule has 138 valence electrons. The zero-order valence-electron chi connectivity index (χ0n) is 15.4. The topological polar surface area (TPSA) is 64.6 Å². The van der Waals surface area contributed by atoms with Crippen LogP contribution in [-0.4, -0.2) is 31.3 Å². The van der Waals surface area contributed by atoms with Crippen molar-refractivity contribution >= 4 is 29.3 Å². The zero-order valence-corrected chi connectivity index (χ0v) is 16.2. The number of carbonyl (C=O) groups excluding carboxylic acids is 2. The number of hydrogen-bond donors (Lipinski definition) is 1. The van der Waals surface area contributed by atoms with Gasteiger partial charge in [-0.15, -0.1) is 11.8 Å². The molecule has 0 bridgehead atoms. The molecule has 0 heterocycles. The van der Waals surface area contributed by atoms with Crippen LogP contribution in [0.1, 0.15) is 29.8 Å². The van der Waals surface area contributed by atoms with Gasteiger partial charge in [-0.2, -0.15) is 0 Å². The van der Waals surface area contributed by atoms with Gasteiger partial charge in [0.1, 0.15) is 11.3 Å².